The predicted molar refractivity (Wildman–Crippen MR) is 89.4 cm³/mol. The molecule has 6 heteroatoms. The molecule has 21 heavy (non-hydrogen) atoms. The van der Waals surface area contributed by atoms with Crippen molar-refractivity contribution in [3.63, 3.8) is 0 Å². The number of halogens is 1. The third kappa shape index (κ3) is 3.02. The van der Waals surface area contributed by atoms with Gasteiger partial charge in [-0.15, -0.1) is 11.3 Å². The molecule has 2 heterocycles. The number of rotatable bonds is 3. The summed E-state index contributed by atoms with van der Waals surface area (Å²) in [6.45, 7) is 1.90. The molecule has 0 saturated heterocycles. The number of fused-ring (bicyclic) bond motifs is 1. The highest BCUT2D eigenvalue weighted by molar-refractivity contribution is 9.10. The molecule has 0 bridgehead atoms. The maximum absolute atomic E-state index is 12.5. The number of hydrogen-bond acceptors (Lipinski definition) is 4. The number of sulfone groups is 1. The van der Waals surface area contributed by atoms with Crippen molar-refractivity contribution in [3.8, 4) is 0 Å². The van der Waals surface area contributed by atoms with E-state index in [0.29, 0.717) is 4.21 Å². The molecule has 0 atom stereocenters. The summed E-state index contributed by atoms with van der Waals surface area (Å²) in [6.07, 6.45) is 0. The molecule has 0 aliphatic rings. The van der Waals surface area contributed by atoms with Gasteiger partial charge in [0, 0.05) is 20.9 Å². The monoisotopic (exact) mass is 381 g/mol. The van der Waals surface area contributed by atoms with E-state index in [4.69, 9.17) is 0 Å². The third-order valence-corrected chi connectivity index (χ3v) is 7.09. The zero-order valence-corrected chi connectivity index (χ0v) is 14.4. The van der Waals surface area contributed by atoms with Crippen molar-refractivity contribution in [2.45, 2.75) is 16.9 Å². The lowest BCUT2D eigenvalue weighted by atomic mass is 10.1. The highest BCUT2D eigenvalue weighted by Gasteiger charge is 2.19. The second kappa shape index (κ2) is 5.51. The molecule has 0 spiro atoms. The number of benzene rings is 1. The molecule has 0 aliphatic carbocycles. The van der Waals surface area contributed by atoms with Gasteiger partial charge in [0.2, 0.25) is 0 Å². The smallest absolute Gasteiger partial charge is 0.191 e. The highest BCUT2D eigenvalue weighted by atomic mass is 79.9. The van der Waals surface area contributed by atoms with Gasteiger partial charge in [-0.25, -0.2) is 8.42 Å². The predicted octanol–water partition coefficient (Wildman–Crippen LogP) is 4.34. The standard InChI is InChI=1S/C15H12BrNO2S2/c1-10-5-6-11-3-2-4-12(15(11)17-10)9-21(18,19)14-7-13(16)8-20-14/h2-8H,9H2,1H3. The van der Waals surface area contributed by atoms with Crippen molar-refractivity contribution in [3.05, 3.63) is 57.5 Å². The molecule has 0 N–H and O–H groups in total. The van der Waals surface area contributed by atoms with Crippen molar-refractivity contribution < 1.29 is 8.42 Å². The second-order valence-corrected chi connectivity index (χ2v) is 8.83. The Morgan fingerprint density at radius 2 is 2.05 bits per heavy atom. The molecule has 3 rings (SSSR count). The number of aromatic nitrogens is 1. The molecule has 0 saturated carbocycles. The lowest BCUT2D eigenvalue weighted by Gasteiger charge is -2.07. The molecule has 108 valence electrons. The topological polar surface area (TPSA) is 47.0 Å². The SMILES string of the molecule is Cc1ccc2cccc(CS(=O)(=O)c3cc(Br)cs3)c2n1. The van der Waals surface area contributed by atoms with E-state index in [0.717, 1.165) is 26.6 Å². The van der Waals surface area contributed by atoms with E-state index >= 15 is 0 Å². The van der Waals surface area contributed by atoms with Gasteiger partial charge in [-0.1, -0.05) is 24.3 Å². The van der Waals surface area contributed by atoms with Gasteiger partial charge in [0.25, 0.3) is 0 Å². The normalized spacial score (nSPS) is 11.9. The van der Waals surface area contributed by atoms with Crippen LogP contribution in [0.1, 0.15) is 11.3 Å². The fourth-order valence-corrected chi connectivity index (χ4v) is 5.46. The van der Waals surface area contributed by atoms with Gasteiger partial charge in [-0.2, -0.15) is 0 Å². The summed E-state index contributed by atoms with van der Waals surface area (Å²) in [5.74, 6) is -0.0340. The average Bonchev–Trinajstić information content (AvgIpc) is 2.87. The minimum absolute atomic E-state index is 0.0340. The van der Waals surface area contributed by atoms with Gasteiger partial charge in [-0.3, -0.25) is 4.98 Å². The van der Waals surface area contributed by atoms with Crippen molar-refractivity contribution in [2.24, 2.45) is 0 Å². The Labute approximate surface area is 135 Å². The second-order valence-electron chi connectivity index (χ2n) is 4.78. The first-order valence-electron chi connectivity index (χ1n) is 6.28. The van der Waals surface area contributed by atoms with E-state index in [1.54, 1.807) is 11.4 Å². The lowest BCUT2D eigenvalue weighted by Crippen LogP contribution is -2.04. The molecule has 0 unspecified atom stereocenters. The Kier molecular flexibility index (Phi) is 3.86. The summed E-state index contributed by atoms with van der Waals surface area (Å²) >= 11 is 4.52. The first kappa shape index (κ1) is 14.7. The summed E-state index contributed by atoms with van der Waals surface area (Å²) in [4.78, 5) is 4.49. The van der Waals surface area contributed by atoms with E-state index in [1.165, 1.54) is 11.3 Å². The van der Waals surface area contributed by atoms with Crippen molar-refractivity contribution in [1.29, 1.82) is 0 Å². The van der Waals surface area contributed by atoms with Crippen molar-refractivity contribution >= 4 is 48.0 Å². The largest absolute Gasteiger partial charge is 0.253 e. The van der Waals surface area contributed by atoms with Crippen LogP contribution in [0.3, 0.4) is 0 Å². The van der Waals surface area contributed by atoms with Crippen LogP contribution >= 0.6 is 27.3 Å². The quantitative estimate of drug-likeness (QED) is 0.677. The number of hydrogen-bond donors (Lipinski definition) is 0. The number of pyridine rings is 1. The third-order valence-electron chi connectivity index (χ3n) is 3.14. The summed E-state index contributed by atoms with van der Waals surface area (Å²) in [5, 5.41) is 2.74. The van der Waals surface area contributed by atoms with Crippen molar-refractivity contribution in [2.75, 3.05) is 0 Å². The number of para-hydroxylation sites is 1. The van der Waals surface area contributed by atoms with Gasteiger partial charge in [-0.05, 0) is 40.5 Å². The number of thiophene rings is 1. The molecule has 1 aromatic carbocycles. The minimum Gasteiger partial charge on any atom is -0.253 e. The summed E-state index contributed by atoms with van der Waals surface area (Å²) < 4.78 is 26.2. The molecule has 0 radical (unpaired) electrons. The Hall–Kier alpha value is -1.24. The van der Waals surface area contributed by atoms with Gasteiger partial charge >= 0.3 is 0 Å². The molecule has 3 aromatic rings. The minimum atomic E-state index is -3.35. The van der Waals surface area contributed by atoms with Crippen LogP contribution in [0.5, 0.6) is 0 Å². The van der Waals surface area contributed by atoms with Crippen LogP contribution in [0.25, 0.3) is 10.9 Å². The summed E-state index contributed by atoms with van der Waals surface area (Å²) in [6, 6.07) is 11.2. The lowest BCUT2D eigenvalue weighted by molar-refractivity contribution is 0.597. The molecule has 0 fully saturated rings. The fraction of sp³-hybridized carbons (Fsp3) is 0.133. The van der Waals surface area contributed by atoms with Crippen LogP contribution in [0, 0.1) is 6.92 Å². The summed E-state index contributed by atoms with van der Waals surface area (Å²) in [7, 11) is -3.35. The molecule has 0 amide bonds. The van der Waals surface area contributed by atoms with Crippen LogP contribution < -0.4 is 0 Å². The van der Waals surface area contributed by atoms with Crippen LogP contribution in [0.4, 0.5) is 0 Å². The summed E-state index contributed by atoms with van der Waals surface area (Å²) in [5.41, 5.74) is 2.38. The zero-order chi connectivity index (χ0) is 15.0. The van der Waals surface area contributed by atoms with Crippen LogP contribution in [-0.2, 0) is 15.6 Å². The number of nitrogens with zero attached hydrogens (tertiary/aromatic N) is 1. The Morgan fingerprint density at radius 3 is 2.76 bits per heavy atom. The van der Waals surface area contributed by atoms with E-state index < -0.39 is 9.84 Å². The Balaban J connectivity index is 2.08. The maximum Gasteiger partial charge on any atom is 0.191 e. The molecule has 3 nitrogen and oxygen atoms in total. The molecular weight excluding hydrogens is 370 g/mol. The molecule has 0 aliphatic heterocycles. The van der Waals surface area contributed by atoms with Gasteiger partial charge < -0.3 is 0 Å². The highest BCUT2D eigenvalue weighted by Crippen LogP contribution is 2.28. The van der Waals surface area contributed by atoms with E-state index in [-0.39, 0.29) is 5.75 Å². The molecule has 2 aromatic heterocycles. The molecular formula is C15H12BrNO2S2. The van der Waals surface area contributed by atoms with Crippen LogP contribution in [0.2, 0.25) is 0 Å². The maximum atomic E-state index is 12.5. The van der Waals surface area contributed by atoms with Crippen LogP contribution in [0.15, 0.2) is 50.5 Å². The van der Waals surface area contributed by atoms with E-state index in [2.05, 4.69) is 20.9 Å². The van der Waals surface area contributed by atoms with E-state index in [9.17, 15) is 8.42 Å². The van der Waals surface area contributed by atoms with Gasteiger partial charge in [0.1, 0.15) is 4.21 Å². The Bertz CT molecular complexity index is 916. The van der Waals surface area contributed by atoms with Crippen LogP contribution in [-0.4, -0.2) is 13.4 Å². The number of aryl methyl sites for hydroxylation is 1. The Morgan fingerprint density at radius 1 is 1.24 bits per heavy atom. The van der Waals surface area contributed by atoms with Gasteiger partial charge in [0.15, 0.2) is 9.84 Å². The first-order valence-corrected chi connectivity index (χ1v) is 9.60. The average molecular weight is 382 g/mol. The van der Waals surface area contributed by atoms with Crippen molar-refractivity contribution in [1.82, 2.24) is 4.98 Å². The first-order chi connectivity index (χ1) is 9.95. The van der Waals surface area contributed by atoms with Gasteiger partial charge in [0.05, 0.1) is 11.3 Å². The zero-order valence-electron chi connectivity index (χ0n) is 11.2. The fourth-order valence-electron chi connectivity index (χ4n) is 2.16. The van der Waals surface area contributed by atoms with E-state index in [1.807, 2.05) is 37.3 Å².